The predicted molar refractivity (Wildman–Crippen MR) is 74.1 cm³/mol. The third kappa shape index (κ3) is 2.91. The smallest absolute Gasteiger partial charge is 0.227 e. The summed E-state index contributed by atoms with van der Waals surface area (Å²) in [5.74, 6) is 6.54. The van der Waals surface area contributed by atoms with Crippen LogP contribution in [0.1, 0.15) is 12.5 Å². The molecule has 1 atom stereocenters. The normalized spacial score (nSPS) is 17.8. The molecule has 0 radical (unpaired) electrons. The summed E-state index contributed by atoms with van der Waals surface area (Å²) in [7, 11) is 1.64. The Bertz CT molecular complexity index is 457. The van der Waals surface area contributed by atoms with E-state index in [4.69, 9.17) is 10.6 Å². The van der Waals surface area contributed by atoms with E-state index in [1.807, 2.05) is 31.2 Å². The quantitative estimate of drug-likeness (QED) is 0.543. The van der Waals surface area contributed by atoms with Gasteiger partial charge < -0.3 is 4.74 Å². The number of nitrogens with zero attached hydrogens (tertiary/aromatic N) is 2. The number of hydrogen-bond acceptors (Lipinski definition) is 6. The molecule has 0 fully saturated rings. The lowest BCUT2D eigenvalue weighted by molar-refractivity contribution is 0.415. The van der Waals surface area contributed by atoms with Crippen molar-refractivity contribution in [3.05, 3.63) is 29.8 Å². The number of aliphatic imine (C=N–C) groups is 1. The first-order valence-electron chi connectivity index (χ1n) is 5.27. The van der Waals surface area contributed by atoms with E-state index in [0.29, 0.717) is 5.96 Å². The lowest BCUT2D eigenvalue weighted by atomic mass is 10.0. The first-order valence-corrected chi connectivity index (χ1v) is 5.27. The first kappa shape index (κ1) is 14.3. The minimum atomic E-state index is -0.0457. The van der Waals surface area contributed by atoms with Gasteiger partial charge in [-0.05, 0) is 31.2 Å². The summed E-state index contributed by atoms with van der Waals surface area (Å²) in [4.78, 5) is 4.31. The van der Waals surface area contributed by atoms with Gasteiger partial charge in [-0.25, -0.2) is 16.3 Å². The highest BCUT2D eigenvalue weighted by Gasteiger charge is 2.17. The number of methoxy groups -OCH3 is 1. The summed E-state index contributed by atoms with van der Waals surface area (Å²) in [5.41, 5.74) is 7.06. The lowest BCUT2D eigenvalue weighted by Gasteiger charge is -2.18. The Hall–Kier alpha value is -1.79. The van der Waals surface area contributed by atoms with Gasteiger partial charge in [0.1, 0.15) is 5.75 Å². The molecule has 2 rings (SSSR count). The zero-order chi connectivity index (χ0) is 12.3. The molecule has 0 aromatic heterocycles. The van der Waals surface area contributed by atoms with Crippen molar-refractivity contribution in [2.75, 3.05) is 7.11 Å². The number of ether oxygens (including phenoxy) is 1. The highest BCUT2D eigenvalue weighted by molar-refractivity contribution is 6.07. The van der Waals surface area contributed by atoms with Crippen LogP contribution in [0.2, 0.25) is 0 Å². The fraction of sp³-hybridized carbons (Fsp3) is 0.273. The van der Waals surface area contributed by atoms with E-state index < -0.39 is 0 Å². The molecule has 6 nitrogen and oxygen atoms in total. The van der Waals surface area contributed by atoms with E-state index in [1.54, 1.807) is 7.11 Å². The van der Waals surface area contributed by atoms with Crippen molar-refractivity contribution in [3.8, 4) is 5.75 Å². The molecule has 0 saturated carbocycles. The molecule has 0 aliphatic carbocycles. The molecule has 98 valence electrons. The molecule has 1 heterocycles. The number of rotatable bonds is 2. The maximum absolute atomic E-state index is 5.26. The van der Waals surface area contributed by atoms with Crippen LogP contribution in [-0.2, 0) is 0 Å². The topological polar surface area (TPSA) is 84.0 Å². The third-order valence-corrected chi connectivity index (χ3v) is 2.52. The molecule has 0 bridgehead atoms. The van der Waals surface area contributed by atoms with Crippen molar-refractivity contribution in [2.45, 2.75) is 13.0 Å². The van der Waals surface area contributed by atoms with Crippen LogP contribution < -0.4 is 21.4 Å². The molecule has 1 aromatic carbocycles. The van der Waals surface area contributed by atoms with Crippen molar-refractivity contribution in [1.29, 1.82) is 0 Å². The van der Waals surface area contributed by atoms with Crippen LogP contribution in [0.15, 0.2) is 34.4 Å². The van der Waals surface area contributed by atoms with Crippen molar-refractivity contribution in [2.24, 2.45) is 15.9 Å². The van der Waals surface area contributed by atoms with E-state index >= 15 is 0 Å². The van der Waals surface area contributed by atoms with Crippen LogP contribution in [0.5, 0.6) is 5.75 Å². The predicted octanol–water partition coefficient (Wildman–Crippen LogP) is 0.632. The maximum atomic E-state index is 5.26. The third-order valence-electron chi connectivity index (χ3n) is 2.52. The highest BCUT2D eigenvalue weighted by Crippen LogP contribution is 2.15. The van der Waals surface area contributed by atoms with E-state index in [9.17, 15) is 0 Å². The first-order chi connectivity index (χ1) is 8.24. The molecule has 7 heteroatoms. The van der Waals surface area contributed by atoms with Gasteiger partial charge in [-0.2, -0.15) is 5.10 Å². The molecule has 0 saturated heterocycles. The van der Waals surface area contributed by atoms with Crippen molar-refractivity contribution < 1.29 is 4.74 Å². The summed E-state index contributed by atoms with van der Waals surface area (Å²) in [6.45, 7) is 1.96. The second kappa shape index (κ2) is 6.23. The second-order valence-electron chi connectivity index (χ2n) is 3.64. The molecule has 1 aromatic rings. The number of hydrazine groups is 1. The molecule has 1 unspecified atom stereocenters. The number of benzene rings is 1. The maximum Gasteiger partial charge on any atom is 0.227 e. The SMILES string of the molecule is COc1ccc(C2=NNC(NN)=NC2C)cc1.Cl. The van der Waals surface area contributed by atoms with Crippen LogP contribution in [0.4, 0.5) is 0 Å². The second-order valence-corrected chi connectivity index (χ2v) is 3.64. The van der Waals surface area contributed by atoms with Crippen LogP contribution in [0.3, 0.4) is 0 Å². The van der Waals surface area contributed by atoms with Gasteiger partial charge in [-0.15, -0.1) is 12.4 Å². The molecular formula is C11H16ClN5O. The zero-order valence-electron chi connectivity index (χ0n) is 10.2. The van der Waals surface area contributed by atoms with E-state index in [0.717, 1.165) is 17.0 Å². The van der Waals surface area contributed by atoms with E-state index in [-0.39, 0.29) is 18.4 Å². The van der Waals surface area contributed by atoms with Crippen LogP contribution in [-0.4, -0.2) is 24.8 Å². The Morgan fingerprint density at radius 1 is 1.33 bits per heavy atom. The monoisotopic (exact) mass is 269 g/mol. The van der Waals surface area contributed by atoms with Crippen molar-refractivity contribution >= 4 is 24.1 Å². The molecule has 0 spiro atoms. The highest BCUT2D eigenvalue weighted by atomic mass is 35.5. The Labute approximate surface area is 112 Å². The number of guanidine groups is 1. The van der Waals surface area contributed by atoms with Crippen LogP contribution in [0, 0.1) is 0 Å². The Morgan fingerprint density at radius 3 is 2.50 bits per heavy atom. The number of nitrogens with one attached hydrogen (secondary N) is 2. The summed E-state index contributed by atoms with van der Waals surface area (Å²) in [6, 6.07) is 7.64. The van der Waals surface area contributed by atoms with Gasteiger partial charge in [0, 0.05) is 5.56 Å². The van der Waals surface area contributed by atoms with Gasteiger partial charge in [0.15, 0.2) is 0 Å². The minimum Gasteiger partial charge on any atom is -0.497 e. The number of nitrogens with two attached hydrogens (primary N) is 1. The molecule has 0 amide bonds. The fourth-order valence-corrected chi connectivity index (χ4v) is 1.63. The molecule has 1 aliphatic heterocycles. The van der Waals surface area contributed by atoms with Crippen LogP contribution >= 0.6 is 12.4 Å². The number of halogens is 1. The lowest BCUT2D eigenvalue weighted by Crippen LogP contribution is -2.44. The Kier molecular flexibility index (Phi) is 4.94. The van der Waals surface area contributed by atoms with Gasteiger partial charge >= 0.3 is 0 Å². The van der Waals surface area contributed by atoms with E-state index in [2.05, 4.69) is 20.9 Å². The number of hydrogen-bond donors (Lipinski definition) is 3. The minimum absolute atomic E-state index is 0. The fourth-order valence-electron chi connectivity index (χ4n) is 1.63. The van der Waals surface area contributed by atoms with Gasteiger partial charge in [0.2, 0.25) is 5.96 Å². The van der Waals surface area contributed by atoms with E-state index in [1.165, 1.54) is 0 Å². The van der Waals surface area contributed by atoms with Crippen molar-refractivity contribution in [3.63, 3.8) is 0 Å². The summed E-state index contributed by atoms with van der Waals surface area (Å²) in [6.07, 6.45) is 0. The van der Waals surface area contributed by atoms with Gasteiger partial charge in [0.05, 0.1) is 18.9 Å². The Morgan fingerprint density at radius 2 is 2.00 bits per heavy atom. The average molecular weight is 270 g/mol. The average Bonchev–Trinajstić information content (AvgIpc) is 2.39. The molecule has 4 N–H and O–H groups in total. The van der Waals surface area contributed by atoms with Gasteiger partial charge in [0.25, 0.3) is 0 Å². The largest absolute Gasteiger partial charge is 0.497 e. The molecular weight excluding hydrogens is 254 g/mol. The summed E-state index contributed by atoms with van der Waals surface area (Å²) < 4.78 is 5.11. The zero-order valence-corrected chi connectivity index (χ0v) is 11.0. The summed E-state index contributed by atoms with van der Waals surface area (Å²) >= 11 is 0. The van der Waals surface area contributed by atoms with Crippen molar-refractivity contribution in [1.82, 2.24) is 10.9 Å². The standard InChI is InChI=1S/C11H15N5O.ClH/c1-7-10(15-16-11(13-7)14-12)8-3-5-9(17-2)6-4-8;/h3-7H,12H2,1-2H3,(H2,13,14,16);1H. The molecule has 1 aliphatic rings. The van der Waals surface area contributed by atoms with Crippen LogP contribution in [0.25, 0.3) is 0 Å². The Balaban J connectivity index is 0.00000162. The molecule has 18 heavy (non-hydrogen) atoms. The van der Waals surface area contributed by atoms with Gasteiger partial charge in [-0.3, -0.25) is 5.43 Å². The van der Waals surface area contributed by atoms with Gasteiger partial charge in [-0.1, -0.05) is 0 Å². The summed E-state index contributed by atoms with van der Waals surface area (Å²) in [5, 5.41) is 4.24. The number of hydrazone groups is 1.